The van der Waals surface area contributed by atoms with Gasteiger partial charge >= 0.3 is 0 Å². The lowest BCUT2D eigenvalue weighted by Crippen LogP contribution is -2.53. The van der Waals surface area contributed by atoms with Gasteiger partial charge in [-0.1, -0.05) is 6.92 Å². The molecule has 0 radical (unpaired) electrons. The molecule has 2 nitrogen and oxygen atoms in total. The van der Waals surface area contributed by atoms with E-state index in [0.717, 1.165) is 19.1 Å². The Balaban J connectivity index is 1.93. The van der Waals surface area contributed by atoms with Crippen molar-refractivity contribution in [3.8, 4) is 0 Å². The predicted molar refractivity (Wildman–Crippen MR) is 44.2 cm³/mol. The number of ether oxygens (including phenoxy) is 1. The average molecular weight is 155 g/mol. The molecule has 1 aliphatic carbocycles. The van der Waals surface area contributed by atoms with Crippen LogP contribution in [-0.2, 0) is 4.74 Å². The normalized spacial score (nSPS) is 45.8. The van der Waals surface area contributed by atoms with Crippen molar-refractivity contribution < 1.29 is 4.74 Å². The second-order valence-corrected chi connectivity index (χ2v) is 4.18. The molecular weight excluding hydrogens is 138 g/mol. The Bertz CT molecular complexity index is 146. The molecule has 1 heterocycles. The Morgan fingerprint density at radius 2 is 2.18 bits per heavy atom. The highest BCUT2D eigenvalue weighted by atomic mass is 16.5. The van der Waals surface area contributed by atoms with E-state index >= 15 is 0 Å². The average Bonchev–Trinajstić information content (AvgIpc) is 2.77. The van der Waals surface area contributed by atoms with Crippen molar-refractivity contribution in [1.29, 1.82) is 0 Å². The summed E-state index contributed by atoms with van der Waals surface area (Å²) in [5.74, 6) is 1.47. The van der Waals surface area contributed by atoms with E-state index in [4.69, 9.17) is 4.74 Å². The summed E-state index contributed by atoms with van der Waals surface area (Å²) in [6.45, 7) is 6.46. The van der Waals surface area contributed by atoms with Crippen molar-refractivity contribution in [3.05, 3.63) is 0 Å². The Hall–Kier alpha value is -0.0800. The summed E-state index contributed by atoms with van der Waals surface area (Å²) in [7, 11) is 0. The predicted octanol–water partition coefficient (Wildman–Crippen LogP) is 1.37. The molecule has 2 rings (SSSR count). The highest BCUT2D eigenvalue weighted by molar-refractivity contribution is 4.93. The Kier molecular flexibility index (Phi) is 1.69. The lowest BCUT2D eigenvalue weighted by molar-refractivity contribution is -0.114. The summed E-state index contributed by atoms with van der Waals surface area (Å²) in [5.41, 5.74) is 0.0203. The minimum Gasteiger partial charge on any atom is -0.360 e. The second-order valence-electron chi connectivity index (χ2n) is 4.18. The number of nitrogens with one attached hydrogen (secondary N) is 1. The lowest BCUT2D eigenvalue weighted by atomic mass is 10.1. The topological polar surface area (TPSA) is 21.3 Å². The molecule has 0 aromatic heterocycles. The molecule has 0 amide bonds. The third-order valence-corrected chi connectivity index (χ3v) is 2.83. The monoisotopic (exact) mass is 155 g/mol. The summed E-state index contributed by atoms with van der Waals surface area (Å²) >= 11 is 0. The Labute approximate surface area is 68.3 Å². The molecule has 0 aromatic carbocycles. The summed E-state index contributed by atoms with van der Waals surface area (Å²) in [6, 6.07) is 0. The van der Waals surface area contributed by atoms with Crippen molar-refractivity contribution in [1.82, 2.24) is 5.32 Å². The fourth-order valence-corrected chi connectivity index (χ4v) is 1.70. The van der Waals surface area contributed by atoms with Crippen LogP contribution in [0.4, 0.5) is 0 Å². The largest absolute Gasteiger partial charge is 0.360 e. The van der Waals surface area contributed by atoms with Gasteiger partial charge in [0.05, 0.1) is 6.61 Å². The number of hydrogen-bond acceptors (Lipinski definition) is 2. The Morgan fingerprint density at radius 3 is 2.64 bits per heavy atom. The minimum atomic E-state index is 0.0203. The van der Waals surface area contributed by atoms with Crippen LogP contribution in [-0.4, -0.2) is 18.9 Å². The maximum Gasteiger partial charge on any atom is 0.119 e. The standard InChI is InChI=1S/C9H17NO/c1-7-5-10-9(2,11-6-7)8-3-4-8/h7-8,10H,3-6H2,1-2H3. The summed E-state index contributed by atoms with van der Waals surface area (Å²) in [6.07, 6.45) is 2.69. The fourth-order valence-electron chi connectivity index (χ4n) is 1.70. The third-order valence-electron chi connectivity index (χ3n) is 2.83. The summed E-state index contributed by atoms with van der Waals surface area (Å²) in [4.78, 5) is 0. The molecule has 2 fully saturated rings. The van der Waals surface area contributed by atoms with Crippen molar-refractivity contribution in [3.63, 3.8) is 0 Å². The van der Waals surface area contributed by atoms with Crippen LogP contribution in [0, 0.1) is 11.8 Å². The molecule has 1 N–H and O–H groups in total. The van der Waals surface area contributed by atoms with Gasteiger partial charge in [-0.15, -0.1) is 0 Å². The van der Waals surface area contributed by atoms with Gasteiger partial charge in [-0.3, -0.25) is 5.32 Å². The van der Waals surface area contributed by atoms with Crippen molar-refractivity contribution in [2.75, 3.05) is 13.2 Å². The fraction of sp³-hybridized carbons (Fsp3) is 1.00. The van der Waals surface area contributed by atoms with Crippen LogP contribution < -0.4 is 5.32 Å². The maximum atomic E-state index is 5.79. The summed E-state index contributed by atoms with van der Waals surface area (Å²) < 4.78 is 5.79. The van der Waals surface area contributed by atoms with Crippen LogP contribution in [0.1, 0.15) is 26.7 Å². The van der Waals surface area contributed by atoms with Gasteiger partial charge in [0.15, 0.2) is 0 Å². The van der Waals surface area contributed by atoms with Crippen molar-refractivity contribution >= 4 is 0 Å². The molecule has 11 heavy (non-hydrogen) atoms. The molecular formula is C9H17NO. The highest BCUT2D eigenvalue weighted by Crippen LogP contribution is 2.41. The van der Waals surface area contributed by atoms with Gasteiger partial charge in [-0.05, 0) is 25.7 Å². The number of hydrogen-bond donors (Lipinski definition) is 1. The molecule has 64 valence electrons. The van der Waals surface area contributed by atoms with Crippen LogP contribution in [0.25, 0.3) is 0 Å². The van der Waals surface area contributed by atoms with E-state index < -0.39 is 0 Å². The molecule has 2 unspecified atom stereocenters. The van der Waals surface area contributed by atoms with Gasteiger partial charge in [-0.25, -0.2) is 0 Å². The first-order chi connectivity index (χ1) is 5.21. The van der Waals surface area contributed by atoms with Gasteiger partial charge in [0, 0.05) is 12.5 Å². The van der Waals surface area contributed by atoms with E-state index in [-0.39, 0.29) is 5.72 Å². The zero-order valence-electron chi connectivity index (χ0n) is 7.39. The SMILES string of the molecule is CC1CNC(C)(C2CC2)OC1. The lowest BCUT2D eigenvalue weighted by Gasteiger charge is -2.38. The molecule has 1 saturated heterocycles. The van der Waals surface area contributed by atoms with E-state index in [2.05, 4.69) is 19.2 Å². The van der Waals surface area contributed by atoms with Crippen LogP contribution in [0.15, 0.2) is 0 Å². The first-order valence-corrected chi connectivity index (χ1v) is 4.60. The molecule has 2 atom stereocenters. The molecule has 0 spiro atoms. The second kappa shape index (κ2) is 2.46. The smallest absolute Gasteiger partial charge is 0.119 e. The van der Waals surface area contributed by atoms with Crippen LogP contribution in [0.5, 0.6) is 0 Å². The van der Waals surface area contributed by atoms with Crippen molar-refractivity contribution in [2.24, 2.45) is 11.8 Å². The molecule has 1 aliphatic heterocycles. The van der Waals surface area contributed by atoms with Gasteiger partial charge in [-0.2, -0.15) is 0 Å². The van der Waals surface area contributed by atoms with Crippen LogP contribution in [0.2, 0.25) is 0 Å². The quantitative estimate of drug-likeness (QED) is 0.617. The first-order valence-electron chi connectivity index (χ1n) is 4.60. The van der Waals surface area contributed by atoms with E-state index in [0.29, 0.717) is 5.92 Å². The van der Waals surface area contributed by atoms with E-state index in [1.165, 1.54) is 12.8 Å². The van der Waals surface area contributed by atoms with Gasteiger partial charge in [0.25, 0.3) is 0 Å². The van der Waals surface area contributed by atoms with Crippen LogP contribution in [0.3, 0.4) is 0 Å². The van der Waals surface area contributed by atoms with Crippen molar-refractivity contribution in [2.45, 2.75) is 32.4 Å². The minimum absolute atomic E-state index is 0.0203. The van der Waals surface area contributed by atoms with Gasteiger partial charge in [0.2, 0.25) is 0 Å². The maximum absolute atomic E-state index is 5.79. The van der Waals surface area contributed by atoms with E-state index in [1.807, 2.05) is 0 Å². The zero-order chi connectivity index (χ0) is 7.90. The first kappa shape index (κ1) is 7.56. The van der Waals surface area contributed by atoms with Crippen LogP contribution >= 0.6 is 0 Å². The summed E-state index contributed by atoms with van der Waals surface area (Å²) in [5, 5.41) is 3.48. The molecule has 0 aromatic rings. The zero-order valence-corrected chi connectivity index (χ0v) is 7.39. The Morgan fingerprint density at radius 1 is 1.45 bits per heavy atom. The van der Waals surface area contributed by atoms with E-state index in [9.17, 15) is 0 Å². The third kappa shape index (κ3) is 1.42. The van der Waals surface area contributed by atoms with Gasteiger partial charge in [0.1, 0.15) is 5.72 Å². The molecule has 0 bridgehead atoms. The highest BCUT2D eigenvalue weighted by Gasteiger charge is 2.44. The molecule has 1 saturated carbocycles. The number of rotatable bonds is 1. The molecule has 2 aliphatic rings. The van der Waals surface area contributed by atoms with Gasteiger partial charge < -0.3 is 4.74 Å². The molecule has 2 heteroatoms. The van der Waals surface area contributed by atoms with E-state index in [1.54, 1.807) is 0 Å².